The van der Waals surface area contributed by atoms with E-state index >= 15 is 0 Å². The topological polar surface area (TPSA) is 29.5 Å². The molecule has 2 aromatic rings. The number of nitrogens with zero attached hydrogens (tertiary/aromatic N) is 1. The molecule has 1 aromatic carbocycles. The SMILES string of the molecule is O=C(c1ccccc1F)N(Cc1cccs1)CC1CCCO1. The minimum Gasteiger partial charge on any atom is -0.376 e. The number of ether oxygens (including phenoxy) is 1. The Morgan fingerprint density at radius 3 is 2.86 bits per heavy atom. The third-order valence-electron chi connectivity index (χ3n) is 3.77. The predicted molar refractivity (Wildman–Crippen MR) is 84.4 cm³/mol. The van der Waals surface area contributed by atoms with Crippen molar-refractivity contribution in [1.82, 2.24) is 4.90 Å². The lowest BCUT2D eigenvalue weighted by Crippen LogP contribution is -2.37. The zero-order valence-corrected chi connectivity index (χ0v) is 13.0. The highest BCUT2D eigenvalue weighted by molar-refractivity contribution is 7.09. The quantitative estimate of drug-likeness (QED) is 0.841. The fourth-order valence-electron chi connectivity index (χ4n) is 2.65. The van der Waals surface area contributed by atoms with Gasteiger partial charge >= 0.3 is 0 Å². The van der Waals surface area contributed by atoms with Crippen LogP contribution >= 0.6 is 11.3 Å². The van der Waals surface area contributed by atoms with Gasteiger partial charge in [-0.1, -0.05) is 18.2 Å². The van der Waals surface area contributed by atoms with Gasteiger partial charge in [0, 0.05) is 18.0 Å². The molecule has 1 aromatic heterocycles. The van der Waals surface area contributed by atoms with E-state index in [0.717, 1.165) is 24.3 Å². The van der Waals surface area contributed by atoms with Crippen molar-refractivity contribution in [2.45, 2.75) is 25.5 Å². The number of rotatable bonds is 5. The van der Waals surface area contributed by atoms with Gasteiger partial charge in [-0.05, 0) is 36.4 Å². The van der Waals surface area contributed by atoms with Gasteiger partial charge in [-0.2, -0.15) is 0 Å². The fourth-order valence-corrected chi connectivity index (χ4v) is 3.37. The van der Waals surface area contributed by atoms with Gasteiger partial charge in [0.25, 0.3) is 5.91 Å². The highest BCUT2D eigenvalue weighted by Gasteiger charge is 2.25. The van der Waals surface area contributed by atoms with E-state index in [9.17, 15) is 9.18 Å². The van der Waals surface area contributed by atoms with Crippen molar-refractivity contribution in [2.24, 2.45) is 0 Å². The van der Waals surface area contributed by atoms with Crippen LogP contribution in [-0.2, 0) is 11.3 Å². The largest absolute Gasteiger partial charge is 0.376 e. The van der Waals surface area contributed by atoms with E-state index in [4.69, 9.17) is 4.74 Å². The van der Waals surface area contributed by atoms with Crippen LogP contribution in [0.3, 0.4) is 0 Å². The standard InChI is InChI=1S/C17H18FNO2S/c18-16-8-2-1-7-15(16)17(20)19(11-13-5-3-9-21-13)12-14-6-4-10-22-14/h1-2,4,6-8,10,13H,3,5,9,11-12H2. The maximum atomic E-state index is 13.9. The zero-order chi connectivity index (χ0) is 15.4. The molecule has 1 fully saturated rings. The first-order valence-electron chi connectivity index (χ1n) is 7.42. The molecule has 116 valence electrons. The summed E-state index contributed by atoms with van der Waals surface area (Å²) in [5, 5.41) is 1.98. The molecule has 3 nitrogen and oxygen atoms in total. The first-order chi connectivity index (χ1) is 10.7. The van der Waals surface area contributed by atoms with E-state index in [-0.39, 0.29) is 17.6 Å². The normalized spacial score (nSPS) is 17.6. The van der Waals surface area contributed by atoms with Crippen molar-refractivity contribution in [3.63, 3.8) is 0 Å². The summed E-state index contributed by atoms with van der Waals surface area (Å²) in [5.41, 5.74) is 0.122. The fraction of sp³-hybridized carbons (Fsp3) is 0.353. The second kappa shape index (κ2) is 7.03. The Morgan fingerprint density at radius 1 is 1.32 bits per heavy atom. The van der Waals surface area contributed by atoms with E-state index in [2.05, 4.69) is 0 Å². The minimum absolute atomic E-state index is 0.0516. The van der Waals surface area contributed by atoms with E-state index in [1.807, 2.05) is 17.5 Å². The van der Waals surface area contributed by atoms with Crippen molar-refractivity contribution in [1.29, 1.82) is 0 Å². The highest BCUT2D eigenvalue weighted by atomic mass is 32.1. The van der Waals surface area contributed by atoms with Crippen LogP contribution in [0.5, 0.6) is 0 Å². The summed E-state index contributed by atoms with van der Waals surface area (Å²) >= 11 is 1.60. The average Bonchev–Trinajstić information content (AvgIpc) is 3.20. The Morgan fingerprint density at radius 2 is 2.18 bits per heavy atom. The Bertz CT molecular complexity index is 623. The molecule has 1 aliphatic heterocycles. The van der Waals surface area contributed by atoms with Gasteiger partial charge in [0.15, 0.2) is 0 Å². The molecule has 0 radical (unpaired) electrons. The zero-order valence-electron chi connectivity index (χ0n) is 12.2. The summed E-state index contributed by atoms with van der Waals surface area (Å²) in [4.78, 5) is 15.5. The second-order valence-corrected chi connectivity index (χ2v) is 6.41. The van der Waals surface area contributed by atoms with Crippen LogP contribution < -0.4 is 0 Å². The molecule has 1 unspecified atom stereocenters. The van der Waals surface area contributed by atoms with E-state index in [1.165, 1.54) is 12.1 Å². The maximum absolute atomic E-state index is 13.9. The van der Waals surface area contributed by atoms with Crippen LogP contribution in [0.4, 0.5) is 4.39 Å². The summed E-state index contributed by atoms with van der Waals surface area (Å²) in [5.74, 6) is -0.752. The first kappa shape index (κ1) is 15.2. The van der Waals surface area contributed by atoms with Gasteiger partial charge in [0.1, 0.15) is 5.82 Å². The molecule has 5 heteroatoms. The molecule has 0 N–H and O–H groups in total. The molecule has 2 heterocycles. The van der Waals surface area contributed by atoms with Gasteiger partial charge in [-0.3, -0.25) is 4.79 Å². The van der Waals surface area contributed by atoms with Crippen molar-refractivity contribution in [3.05, 3.63) is 58.0 Å². The Labute approximate surface area is 133 Å². The molecule has 1 aliphatic rings. The van der Waals surface area contributed by atoms with Crippen LogP contribution in [0.2, 0.25) is 0 Å². The van der Waals surface area contributed by atoms with Crippen LogP contribution in [0.15, 0.2) is 41.8 Å². The van der Waals surface area contributed by atoms with E-state index < -0.39 is 5.82 Å². The number of hydrogen-bond acceptors (Lipinski definition) is 3. The van der Waals surface area contributed by atoms with Crippen molar-refractivity contribution >= 4 is 17.2 Å². The summed E-state index contributed by atoms with van der Waals surface area (Å²) in [6.45, 7) is 1.74. The maximum Gasteiger partial charge on any atom is 0.257 e. The molecule has 22 heavy (non-hydrogen) atoms. The summed E-state index contributed by atoms with van der Waals surface area (Å²) in [6.07, 6.45) is 2.02. The Balaban J connectivity index is 1.80. The lowest BCUT2D eigenvalue weighted by Gasteiger charge is -2.25. The lowest BCUT2D eigenvalue weighted by molar-refractivity contribution is 0.0506. The molecule has 0 saturated carbocycles. The molecule has 0 aliphatic carbocycles. The number of benzene rings is 1. The highest BCUT2D eigenvalue weighted by Crippen LogP contribution is 2.20. The van der Waals surface area contributed by atoms with Crippen molar-refractivity contribution in [2.75, 3.05) is 13.2 Å². The number of carbonyl (C=O) groups is 1. The third-order valence-corrected chi connectivity index (χ3v) is 4.63. The van der Waals surface area contributed by atoms with Crippen molar-refractivity contribution in [3.8, 4) is 0 Å². The van der Waals surface area contributed by atoms with Crippen LogP contribution in [0, 0.1) is 5.82 Å². The molecule has 1 atom stereocenters. The van der Waals surface area contributed by atoms with Crippen LogP contribution in [0.1, 0.15) is 28.1 Å². The number of carbonyl (C=O) groups excluding carboxylic acids is 1. The lowest BCUT2D eigenvalue weighted by atomic mass is 10.1. The minimum atomic E-state index is -0.476. The number of halogens is 1. The Hall–Kier alpha value is -1.72. The summed E-state index contributed by atoms with van der Waals surface area (Å²) in [7, 11) is 0. The first-order valence-corrected chi connectivity index (χ1v) is 8.30. The molecular formula is C17H18FNO2S. The average molecular weight is 319 g/mol. The van der Waals surface area contributed by atoms with Gasteiger partial charge < -0.3 is 9.64 Å². The van der Waals surface area contributed by atoms with Gasteiger partial charge in [0.05, 0.1) is 18.2 Å². The van der Waals surface area contributed by atoms with Gasteiger partial charge in [-0.25, -0.2) is 4.39 Å². The van der Waals surface area contributed by atoms with E-state index in [0.29, 0.717) is 13.1 Å². The van der Waals surface area contributed by atoms with Crippen molar-refractivity contribution < 1.29 is 13.9 Å². The second-order valence-electron chi connectivity index (χ2n) is 5.38. The molecule has 0 spiro atoms. The van der Waals surface area contributed by atoms with Crippen LogP contribution in [-0.4, -0.2) is 30.1 Å². The van der Waals surface area contributed by atoms with Crippen LogP contribution in [0.25, 0.3) is 0 Å². The smallest absolute Gasteiger partial charge is 0.257 e. The predicted octanol–water partition coefficient (Wildman–Crippen LogP) is 3.71. The van der Waals surface area contributed by atoms with E-state index in [1.54, 1.807) is 28.4 Å². The monoisotopic (exact) mass is 319 g/mol. The molecule has 0 bridgehead atoms. The molecule has 3 rings (SSSR count). The molecule has 1 saturated heterocycles. The number of hydrogen-bond donors (Lipinski definition) is 0. The van der Waals surface area contributed by atoms with Gasteiger partial charge in [0.2, 0.25) is 0 Å². The summed E-state index contributed by atoms with van der Waals surface area (Å²) < 4.78 is 19.6. The number of thiophene rings is 1. The molecular weight excluding hydrogens is 301 g/mol. The summed E-state index contributed by atoms with van der Waals surface area (Å²) in [6, 6.07) is 10.1. The Kier molecular flexibility index (Phi) is 4.85. The third kappa shape index (κ3) is 3.54. The van der Waals surface area contributed by atoms with Gasteiger partial charge in [-0.15, -0.1) is 11.3 Å². The molecule has 1 amide bonds. The number of amides is 1.